The first-order chi connectivity index (χ1) is 17.2. The van der Waals surface area contributed by atoms with E-state index in [9.17, 15) is 27.2 Å². The molecular formula is C25H21F4N3O4. The van der Waals surface area contributed by atoms with Crippen molar-refractivity contribution >= 4 is 23.7 Å². The van der Waals surface area contributed by atoms with Crippen LogP contribution >= 0.6 is 0 Å². The lowest BCUT2D eigenvalue weighted by molar-refractivity contribution is -0.137. The number of hydrogen-bond acceptors (Lipinski definition) is 5. The Labute approximate surface area is 203 Å². The Morgan fingerprint density at radius 3 is 2.33 bits per heavy atom. The lowest BCUT2D eigenvalue weighted by Gasteiger charge is -2.13. The average Bonchev–Trinajstić information content (AvgIpc) is 2.84. The number of hydrogen-bond donors (Lipinski definition) is 2. The number of nitrogens with one attached hydrogen (secondary N) is 2. The summed E-state index contributed by atoms with van der Waals surface area (Å²) in [5.41, 5.74) is 2.04. The number of carbonyl (C=O) groups excluding carboxylic acids is 2. The molecule has 0 aliphatic heterocycles. The summed E-state index contributed by atoms with van der Waals surface area (Å²) in [5.74, 6) is -1.89. The Morgan fingerprint density at radius 1 is 0.944 bits per heavy atom. The van der Waals surface area contributed by atoms with Crippen LogP contribution in [0.1, 0.15) is 23.6 Å². The molecule has 0 radical (unpaired) electrons. The molecule has 3 aromatic carbocycles. The second-order valence-corrected chi connectivity index (χ2v) is 7.25. The zero-order chi connectivity index (χ0) is 26.1. The molecule has 3 aromatic rings. The highest BCUT2D eigenvalue weighted by molar-refractivity contribution is 6.39. The molecule has 0 bridgehead atoms. The summed E-state index contributed by atoms with van der Waals surface area (Å²) in [6, 6.07) is 14.6. The highest BCUT2D eigenvalue weighted by atomic mass is 19.4. The minimum atomic E-state index is -4.51. The maximum Gasteiger partial charge on any atom is 0.416 e. The van der Waals surface area contributed by atoms with Gasteiger partial charge < -0.3 is 14.8 Å². The third-order valence-electron chi connectivity index (χ3n) is 4.66. The SMILES string of the molecule is CCOc1cc(/C=N/NC(=O)C(=O)Nc2ccc(C(F)(F)F)cc2)ccc1OCc1ccccc1F. The maximum absolute atomic E-state index is 13.8. The van der Waals surface area contributed by atoms with Gasteiger partial charge in [-0.3, -0.25) is 9.59 Å². The fraction of sp³-hybridized carbons (Fsp3) is 0.160. The molecule has 2 amide bonds. The molecule has 0 fully saturated rings. The standard InChI is InChI=1S/C25H21F4N3O4/c1-2-35-22-13-16(7-12-21(22)36-15-17-5-3-4-6-20(17)26)14-30-32-24(34)23(33)31-19-10-8-18(9-11-19)25(27,28)29/h3-14H,2,15H2,1H3,(H,31,33)(H,32,34)/b30-14+. The summed E-state index contributed by atoms with van der Waals surface area (Å²) >= 11 is 0. The van der Waals surface area contributed by atoms with E-state index < -0.39 is 29.4 Å². The minimum Gasteiger partial charge on any atom is -0.490 e. The number of rotatable bonds is 8. The third-order valence-corrected chi connectivity index (χ3v) is 4.66. The van der Waals surface area contributed by atoms with E-state index in [4.69, 9.17) is 9.47 Å². The van der Waals surface area contributed by atoms with Crippen molar-refractivity contribution in [2.75, 3.05) is 11.9 Å². The van der Waals surface area contributed by atoms with Crippen molar-refractivity contribution in [2.24, 2.45) is 5.10 Å². The number of amides is 2. The van der Waals surface area contributed by atoms with Crippen LogP contribution in [0.15, 0.2) is 71.8 Å². The molecule has 0 aliphatic rings. The molecule has 11 heteroatoms. The van der Waals surface area contributed by atoms with Gasteiger partial charge in [-0.2, -0.15) is 18.3 Å². The van der Waals surface area contributed by atoms with Gasteiger partial charge in [0.05, 0.1) is 18.4 Å². The Morgan fingerprint density at radius 2 is 1.67 bits per heavy atom. The Hall–Kier alpha value is -4.41. The second-order valence-electron chi connectivity index (χ2n) is 7.25. The van der Waals surface area contributed by atoms with E-state index in [0.29, 0.717) is 29.2 Å². The molecule has 0 unspecified atom stereocenters. The number of ether oxygens (including phenoxy) is 2. The van der Waals surface area contributed by atoms with E-state index in [1.165, 1.54) is 12.3 Å². The van der Waals surface area contributed by atoms with Gasteiger partial charge in [0, 0.05) is 11.3 Å². The zero-order valence-corrected chi connectivity index (χ0v) is 18.9. The topological polar surface area (TPSA) is 89.0 Å². The molecule has 2 N–H and O–H groups in total. The van der Waals surface area contributed by atoms with Gasteiger partial charge in [0.1, 0.15) is 12.4 Å². The number of anilines is 1. The van der Waals surface area contributed by atoms with Crippen LogP contribution < -0.4 is 20.2 Å². The van der Waals surface area contributed by atoms with Crippen LogP contribution in [0.3, 0.4) is 0 Å². The molecule has 0 heterocycles. The van der Waals surface area contributed by atoms with Crippen LogP contribution in [0.5, 0.6) is 11.5 Å². The van der Waals surface area contributed by atoms with E-state index in [-0.39, 0.29) is 12.3 Å². The molecule has 36 heavy (non-hydrogen) atoms. The minimum absolute atomic E-state index is 0.00964. The first-order valence-corrected chi connectivity index (χ1v) is 10.6. The van der Waals surface area contributed by atoms with Gasteiger partial charge in [-0.1, -0.05) is 18.2 Å². The van der Waals surface area contributed by atoms with Crippen LogP contribution in [0.4, 0.5) is 23.2 Å². The Balaban J connectivity index is 1.58. The van der Waals surface area contributed by atoms with Crippen LogP contribution in [0.2, 0.25) is 0 Å². The fourth-order valence-electron chi connectivity index (χ4n) is 2.91. The van der Waals surface area contributed by atoms with Crippen molar-refractivity contribution in [3.8, 4) is 11.5 Å². The summed E-state index contributed by atoms with van der Waals surface area (Å²) in [6.45, 7) is 2.10. The number of benzene rings is 3. The first kappa shape index (κ1) is 26.2. The summed E-state index contributed by atoms with van der Waals surface area (Å²) in [6.07, 6.45) is -3.26. The van der Waals surface area contributed by atoms with Gasteiger partial charge in [0.2, 0.25) is 0 Å². The predicted octanol–water partition coefficient (Wildman–Crippen LogP) is 4.91. The lowest BCUT2D eigenvalue weighted by Crippen LogP contribution is -2.32. The molecule has 3 rings (SSSR count). The number of halogens is 4. The largest absolute Gasteiger partial charge is 0.490 e. The van der Waals surface area contributed by atoms with Crippen molar-refractivity contribution in [1.29, 1.82) is 0 Å². The van der Waals surface area contributed by atoms with E-state index in [2.05, 4.69) is 10.4 Å². The lowest BCUT2D eigenvalue weighted by atomic mass is 10.2. The monoisotopic (exact) mass is 503 g/mol. The van der Waals surface area contributed by atoms with Crippen molar-refractivity contribution in [3.63, 3.8) is 0 Å². The summed E-state index contributed by atoms with van der Waals surface area (Å²) in [5, 5.41) is 5.88. The normalized spacial score (nSPS) is 11.2. The maximum atomic E-state index is 13.8. The van der Waals surface area contributed by atoms with Gasteiger partial charge in [-0.25, -0.2) is 9.82 Å². The smallest absolute Gasteiger partial charge is 0.416 e. The number of carbonyl (C=O) groups is 2. The predicted molar refractivity (Wildman–Crippen MR) is 124 cm³/mol. The summed E-state index contributed by atoms with van der Waals surface area (Å²) < 4.78 is 62.9. The number of nitrogens with zero attached hydrogens (tertiary/aromatic N) is 1. The van der Waals surface area contributed by atoms with Crippen LogP contribution in [0.25, 0.3) is 0 Å². The number of alkyl halides is 3. The van der Waals surface area contributed by atoms with E-state index in [1.54, 1.807) is 43.3 Å². The van der Waals surface area contributed by atoms with Crippen molar-refractivity contribution < 1.29 is 36.6 Å². The Bertz CT molecular complexity index is 1240. The van der Waals surface area contributed by atoms with Crippen LogP contribution in [-0.4, -0.2) is 24.6 Å². The molecule has 0 saturated heterocycles. The highest BCUT2D eigenvalue weighted by Crippen LogP contribution is 2.30. The quantitative estimate of drug-likeness (QED) is 0.198. The summed E-state index contributed by atoms with van der Waals surface area (Å²) in [4.78, 5) is 23.9. The van der Waals surface area contributed by atoms with Gasteiger partial charge >= 0.3 is 18.0 Å². The molecule has 0 aromatic heterocycles. The van der Waals surface area contributed by atoms with Crippen molar-refractivity contribution in [1.82, 2.24) is 5.43 Å². The van der Waals surface area contributed by atoms with E-state index in [0.717, 1.165) is 24.3 Å². The highest BCUT2D eigenvalue weighted by Gasteiger charge is 2.30. The van der Waals surface area contributed by atoms with Gasteiger partial charge in [-0.05, 0) is 61.0 Å². The van der Waals surface area contributed by atoms with Crippen LogP contribution in [-0.2, 0) is 22.4 Å². The third kappa shape index (κ3) is 7.29. The Kier molecular flexibility index (Phi) is 8.61. The van der Waals surface area contributed by atoms with E-state index in [1.807, 2.05) is 5.43 Å². The molecule has 0 spiro atoms. The molecule has 0 saturated carbocycles. The fourth-order valence-corrected chi connectivity index (χ4v) is 2.91. The molecule has 188 valence electrons. The van der Waals surface area contributed by atoms with E-state index >= 15 is 0 Å². The van der Waals surface area contributed by atoms with Crippen molar-refractivity contribution in [2.45, 2.75) is 19.7 Å². The average molecular weight is 503 g/mol. The second kappa shape index (κ2) is 11.8. The first-order valence-electron chi connectivity index (χ1n) is 10.6. The van der Waals surface area contributed by atoms with Crippen LogP contribution in [0, 0.1) is 5.82 Å². The van der Waals surface area contributed by atoms with Gasteiger partial charge in [0.15, 0.2) is 11.5 Å². The van der Waals surface area contributed by atoms with Gasteiger partial charge in [-0.15, -0.1) is 0 Å². The van der Waals surface area contributed by atoms with Crippen molar-refractivity contribution in [3.05, 3.63) is 89.2 Å². The van der Waals surface area contributed by atoms with Gasteiger partial charge in [0.25, 0.3) is 0 Å². The number of hydrazone groups is 1. The molecule has 7 nitrogen and oxygen atoms in total. The molecule has 0 atom stereocenters. The molecular weight excluding hydrogens is 482 g/mol. The summed E-state index contributed by atoms with van der Waals surface area (Å²) in [7, 11) is 0. The molecule has 0 aliphatic carbocycles. The zero-order valence-electron chi connectivity index (χ0n) is 18.9.